The maximum Gasteiger partial charge on any atom is 0.256 e. The van der Waals surface area contributed by atoms with Crippen molar-refractivity contribution < 1.29 is 23.5 Å². The van der Waals surface area contributed by atoms with Crippen LogP contribution < -0.4 is 0 Å². The highest BCUT2D eigenvalue weighted by Gasteiger charge is 2.55. The first kappa shape index (κ1) is 25.0. The lowest BCUT2D eigenvalue weighted by atomic mass is 9.96. The first-order valence-corrected chi connectivity index (χ1v) is 12.8. The van der Waals surface area contributed by atoms with Gasteiger partial charge in [-0.3, -0.25) is 19.3 Å². The van der Waals surface area contributed by atoms with Crippen LogP contribution in [0.15, 0.2) is 42.5 Å². The summed E-state index contributed by atoms with van der Waals surface area (Å²) >= 11 is 12.1. The number of ether oxygens (including phenoxy) is 1. The van der Waals surface area contributed by atoms with E-state index >= 15 is 0 Å². The van der Waals surface area contributed by atoms with Crippen molar-refractivity contribution in [2.24, 2.45) is 0 Å². The molecule has 2 aromatic carbocycles. The molecule has 3 heterocycles. The van der Waals surface area contributed by atoms with Gasteiger partial charge in [0.15, 0.2) is 0 Å². The van der Waals surface area contributed by atoms with Crippen molar-refractivity contribution in [2.75, 3.05) is 32.8 Å². The summed E-state index contributed by atoms with van der Waals surface area (Å²) in [5, 5.41) is 0.670. The van der Waals surface area contributed by atoms with Crippen LogP contribution >= 0.6 is 23.2 Å². The van der Waals surface area contributed by atoms with Crippen LogP contribution in [0.1, 0.15) is 46.4 Å². The van der Waals surface area contributed by atoms with Gasteiger partial charge in [-0.15, -0.1) is 0 Å². The lowest BCUT2D eigenvalue weighted by molar-refractivity contribution is -0.136. The molecular formula is C26H26Cl2FN3O4. The smallest absolute Gasteiger partial charge is 0.256 e. The molecule has 3 aliphatic heterocycles. The zero-order chi connectivity index (χ0) is 25.4. The number of hydrogen-bond donors (Lipinski definition) is 0. The molecule has 3 fully saturated rings. The molecule has 3 amide bonds. The van der Waals surface area contributed by atoms with Crippen molar-refractivity contribution in [3.05, 3.63) is 69.5 Å². The Morgan fingerprint density at radius 2 is 1.47 bits per heavy atom. The molecule has 1 spiro atoms. The van der Waals surface area contributed by atoms with Crippen molar-refractivity contribution in [1.29, 1.82) is 0 Å². The fourth-order valence-electron chi connectivity index (χ4n) is 5.31. The van der Waals surface area contributed by atoms with Gasteiger partial charge in [0.25, 0.3) is 11.8 Å². The summed E-state index contributed by atoms with van der Waals surface area (Å²) in [7, 11) is 0. The first-order chi connectivity index (χ1) is 17.3. The average Bonchev–Trinajstić information content (AvgIpc) is 3.54. The monoisotopic (exact) mass is 533 g/mol. The third-order valence-corrected chi connectivity index (χ3v) is 8.01. The lowest BCUT2D eigenvalue weighted by Gasteiger charge is -2.44. The fourth-order valence-corrected chi connectivity index (χ4v) is 5.60. The van der Waals surface area contributed by atoms with Crippen LogP contribution in [0.25, 0.3) is 0 Å². The van der Waals surface area contributed by atoms with Crippen LogP contribution in [-0.4, -0.2) is 77.0 Å². The van der Waals surface area contributed by atoms with Gasteiger partial charge in [0.2, 0.25) is 5.91 Å². The second-order valence-corrected chi connectivity index (χ2v) is 10.2. The van der Waals surface area contributed by atoms with Crippen molar-refractivity contribution in [3.8, 4) is 0 Å². The van der Waals surface area contributed by atoms with Crippen molar-refractivity contribution in [1.82, 2.24) is 14.7 Å². The largest absolute Gasteiger partial charge is 0.353 e. The minimum Gasteiger partial charge on any atom is -0.353 e. The van der Waals surface area contributed by atoms with E-state index in [1.54, 1.807) is 26.8 Å². The number of rotatable bonds is 3. The van der Waals surface area contributed by atoms with Crippen molar-refractivity contribution in [2.45, 2.75) is 37.5 Å². The number of amides is 3. The molecule has 0 unspecified atom stereocenters. The highest BCUT2D eigenvalue weighted by Crippen LogP contribution is 2.39. The quantitative estimate of drug-likeness (QED) is 0.591. The molecule has 10 heteroatoms. The second-order valence-electron chi connectivity index (χ2n) is 9.41. The molecule has 3 saturated heterocycles. The van der Waals surface area contributed by atoms with E-state index in [9.17, 15) is 18.8 Å². The Bertz CT molecular complexity index is 1180. The Labute approximate surface area is 218 Å². The molecule has 0 aromatic heterocycles. The molecule has 3 aliphatic rings. The van der Waals surface area contributed by atoms with E-state index in [1.165, 1.54) is 30.3 Å². The van der Waals surface area contributed by atoms with E-state index in [-0.39, 0.29) is 29.9 Å². The van der Waals surface area contributed by atoms with Gasteiger partial charge in [-0.25, -0.2) is 4.39 Å². The minimum atomic E-state index is -1.03. The SMILES string of the molecule is O=C(c1ccc(Cl)c(Cl)c1)N1CCC2(CC1)OC[C@H](C(=O)N1CCCC1)N2C(=O)c1ccc(F)cc1. The van der Waals surface area contributed by atoms with Crippen LogP contribution in [0.2, 0.25) is 10.0 Å². The van der Waals surface area contributed by atoms with Gasteiger partial charge in [-0.2, -0.15) is 0 Å². The lowest BCUT2D eigenvalue weighted by Crippen LogP contribution is -2.60. The Morgan fingerprint density at radius 3 is 2.11 bits per heavy atom. The molecule has 36 heavy (non-hydrogen) atoms. The molecule has 0 N–H and O–H groups in total. The maximum absolute atomic E-state index is 13.7. The number of hydrogen-bond acceptors (Lipinski definition) is 4. The van der Waals surface area contributed by atoms with E-state index < -0.39 is 17.6 Å². The van der Waals surface area contributed by atoms with Crippen molar-refractivity contribution >= 4 is 40.9 Å². The van der Waals surface area contributed by atoms with Gasteiger partial charge in [-0.1, -0.05) is 23.2 Å². The standard InChI is InChI=1S/C26H26Cl2FN3O4/c27-20-8-5-18(15-21(20)28)23(33)31-13-9-26(10-14-31)32(24(34)17-3-6-19(29)7-4-17)22(16-36-26)25(35)30-11-1-2-12-30/h3-8,15,22H,1-2,9-14,16H2/t22-/m1/s1. The van der Waals surface area contributed by atoms with Gasteiger partial charge in [0.1, 0.15) is 17.6 Å². The van der Waals surface area contributed by atoms with E-state index in [0.29, 0.717) is 54.6 Å². The summed E-state index contributed by atoms with van der Waals surface area (Å²) in [5.41, 5.74) is -0.316. The normalized spacial score (nSPS) is 21.3. The van der Waals surface area contributed by atoms with Crippen LogP contribution in [-0.2, 0) is 9.53 Å². The highest BCUT2D eigenvalue weighted by atomic mass is 35.5. The van der Waals surface area contributed by atoms with Gasteiger partial charge in [0, 0.05) is 50.1 Å². The number of carbonyl (C=O) groups is 3. The molecule has 2 aromatic rings. The molecule has 5 rings (SSSR count). The first-order valence-electron chi connectivity index (χ1n) is 12.1. The molecule has 0 bridgehead atoms. The summed E-state index contributed by atoms with van der Waals surface area (Å²) < 4.78 is 19.8. The van der Waals surface area contributed by atoms with E-state index in [1.807, 2.05) is 0 Å². The van der Waals surface area contributed by atoms with Crippen LogP contribution in [0, 0.1) is 5.82 Å². The summed E-state index contributed by atoms with van der Waals surface area (Å²) in [6, 6.07) is 9.28. The molecule has 190 valence electrons. The van der Waals surface area contributed by atoms with Gasteiger partial charge in [0.05, 0.1) is 16.7 Å². The van der Waals surface area contributed by atoms with Gasteiger partial charge < -0.3 is 14.5 Å². The topological polar surface area (TPSA) is 70.2 Å². The van der Waals surface area contributed by atoms with Crippen molar-refractivity contribution in [3.63, 3.8) is 0 Å². The van der Waals surface area contributed by atoms with Gasteiger partial charge >= 0.3 is 0 Å². The summed E-state index contributed by atoms with van der Waals surface area (Å²) in [6.07, 6.45) is 2.55. The van der Waals surface area contributed by atoms with Crippen LogP contribution in [0.5, 0.6) is 0 Å². The number of benzene rings is 2. The average molecular weight is 534 g/mol. The number of carbonyl (C=O) groups excluding carboxylic acids is 3. The van der Waals surface area contributed by atoms with Gasteiger partial charge in [-0.05, 0) is 55.3 Å². The van der Waals surface area contributed by atoms with E-state index in [2.05, 4.69) is 0 Å². The minimum absolute atomic E-state index is 0.0863. The highest BCUT2D eigenvalue weighted by molar-refractivity contribution is 6.42. The number of nitrogens with zero attached hydrogens (tertiary/aromatic N) is 3. The third kappa shape index (κ3) is 4.58. The second kappa shape index (κ2) is 10.00. The molecule has 7 nitrogen and oxygen atoms in total. The summed E-state index contributed by atoms with van der Waals surface area (Å²) in [4.78, 5) is 45.2. The molecule has 0 radical (unpaired) electrons. The predicted molar refractivity (Wildman–Crippen MR) is 132 cm³/mol. The fraction of sp³-hybridized carbons (Fsp3) is 0.423. The van der Waals surface area contributed by atoms with Crippen LogP contribution in [0.4, 0.5) is 4.39 Å². The number of halogens is 3. The Hall–Kier alpha value is -2.68. The third-order valence-electron chi connectivity index (χ3n) is 7.27. The maximum atomic E-state index is 13.7. The zero-order valence-electron chi connectivity index (χ0n) is 19.6. The molecule has 0 aliphatic carbocycles. The molecular weight excluding hydrogens is 508 g/mol. The number of likely N-dealkylation sites (tertiary alicyclic amines) is 2. The predicted octanol–water partition coefficient (Wildman–Crippen LogP) is 4.23. The summed E-state index contributed by atoms with van der Waals surface area (Å²) in [6.45, 7) is 2.07. The Kier molecular flexibility index (Phi) is 6.94. The summed E-state index contributed by atoms with van der Waals surface area (Å²) in [5.74, 6) is -1.15. The zero-order valence-corrected chi connectivity index (χ0v) is 21.1. The van der Waals surface area contributed by atoms with E-state index in [0.717, 1.165) is 12.8 Å². The Balaban J connectivity index is 1.39. The Morgan fingerprint density at radius 1 is 0.833 bits per heavy atom. The molecule has 0 saturated carbocycles. The van der Waals surface area contributed by atoms with Crippen LogP contribution in [0.3, 0.4) is 0 Å². The van der Waals surface area contributed by atoms with E-state index in [4.69, 9.17) is 27.9 Å². The number of piperidine rings is 1. The molecule has 1 atom stereocenters.